The number of nitrogens with one attached hydrogen (secondary N) is 2. The number of morpholine rings is 1. The molecule has 0 bridgehead atoms. The summed E-state index contributed by atoms with van der Waals surface area (Å²) in [6, 6.07) is 15.6. The number of amides is 1. The van der Waals surface area contributed by atoms with E-state index in [1.807, 2.05) is 6.07 Å². The minimum Gasteiger partial charge on any atom is -0.475 e. The number of aromatic nitrogens is 2. The van der Waals surface area contributed by atoms with Gasteiger partial charge in [-0.25, -0.2) is 15.3 Å². The summed E-state index contributed by atoms with van der Waals surface area (Å²) in [4.78, 5) is 31.4. The maximum atomic E-state index is 11.8. The first-order valence-corrected chi connectivity index (χ1v) is 12.1. The van der Waals surface area contributed by atoms with Crippen molar-refractivity contribution in [1.82, 2.24) is 20.3 Å². The predicted octanol–water partition coefficient (Wildman–Crippen LogP) is 3.80. The molecule has 2 aliphatic rings. The van der Waals surface area contributed by atoms with Gasteiger partial charge in [0.05, 0.1) is 29.7 Å². The highest BCUT2D eigenvalue weighted by Gasteiger charge is 2.38. The number of nitrogens with zero attached hydrogens (tertiary/aromatic N) is 2. The molecule has 39 heavy (non-hydrogen) atoms. The Morgan fingerprint density at radius 3 is 2.33 bits per heavy atom. The van der Waals surface area contributed by atoms with Gasteiger partial charge in [-0.1, -0.05) is 54.6 Å². The van der Waals surface area contributed by atoms with Crippen molar-refractivity contribution in [3.05, 3.63) is 89.8 Å². The summed E-state index contributed by atoms with van der Waals surface area (Å²) in [6.45, 7) is 4.01. The second-order valence-electron chi connectivity index (χ2n) is 9.14. The van der Waals surface area contributed by atoms with E-state index in [1.54, 1.807) is 23.7 Å². The molecule has 0 unspecified atom stereocenters. The molecule has 1 aliphatic heterocycles. The molecule has 12 heteroatoms. The predicted molar refractivity (Wildman–Crippen MR) is 135 cm³/mol. The number of alkyl halides is 3. The topological polar surface area (TPSA) is 128 Å². The fourth-order valence-electron chi connectivity index (χ4n) is 4.47. The van der Waals surface area contributed by atoms with Crippen LogP contribution >= 0.6 is 0 Å². The van der Waals surface area contributed by atoms with E-state index < -0.39 is 23.5 Å². The average Bonchev–Trinajstić information content (AvgIpc) is 3.38. The first kappa shape index (κ1) is 28.0. The Bertz CT molecular complexity index is 1350. The zero-order valence-corrected chi connectivity index (χ0v) is 20.7. The highest BCUT2D eigenvalue weighted by molar-refractivity contribution is 5.96. The number of aromatic amines is 1. The monoisotopic (exact) mass is 544 g/mol. The number of carbonyl (C=O) groups is 2. The number of imidazole rings is 1. The minimum atomic E-state index is -5.08. The van der Waals surface area contributed by atoms with Crippen LogP contribution in [0.4, 0.5) is 13.2 Å². The van der Waals surface area contributed by atoms with Crippen molar-refractivity contribution in [1.29, 1.82) is 0 Å². The van der Waals surface area contributed by atoms with Gasteiger partial charge < -0.3 is 14.8 Å². The van der Waals surface area contributed by atoms with E-state index in [4.69, 9.17) is 24.8 Å². The van der Waals surface area contributed by atoms with Gasteiger partial charge in [-0.05, 0) is 23.8 Å². The number of carbonyl (C=O) groups excluding carboxylic acids is 1. The molecule has 0 spiro atoms. The second kappa shape index (κ2) is 11.8. The van der Waals surface area contributed by atoms with Crippen LogP contribution in [0.2, 0.25) is 0 Å². The zero-order valence-electron chi connectivity index (χ0n) is 20.7. The Balaban J connectivity index is 0.000000448. The Morgan fingerprint density at radius 1 is 1.10 bits per heavy atom. The van der Waals surface area contributed by atoms with Crippen LogP contribution in [0.15, 0.2) is 72.8 Å². The first-order chi connectivity index (χ1) is 18.6. The molecule has 5 rings (SSSR count). The molecule has 1 aromatic heterocycles. The summed E-state index contributed by atoms with van der Waals surface area (Å²) in [7, 11) is 0. The maximum absolute atomic E-state index is 11.8. The van der Waals surface area contributed by atoms with E-state index in [1.165, 1.54) is 5.56 Å². The highest BCUT2D eigenvalue weighted by Crippen LogP contribution is 2.36. The number of benzene rings is 2. The Morgan fingerprint density at radius 2 is 1.74 bits per heavy atom. The van der Waals surface area contributed by atoms with Crippen molar-refractivity contribution in [2.24, 2.45) is 0 Å². The fraction of sp³-hybridized carbons (Fsp3) is 0.296. The summed E-state index contributed by atoms with van der Waals surface area (Å²) in [5.74, 6) is -2.25. The number of ether oxygens (including phenoxy) is 1. The minimum absolute atomic E-state index is 0.221. The van der Waals surface area contributed by atoms with E-state index in [2.05, 4.69) is 58.5 Å². The number of hydrogen-bond donors (Lipinski definition) is 4. The van der Waals surface area contributed by atoms with E-state index in [-0.39, 0.29) is 5.92 Å². The lowest BCUT2D eigenvalue weighted by atomic mass is 9.78. The number of H-pyrrole nitrogens is 1. The molecule has 206 valence electrons. The molecule has 0 saturated carbocycles. The highest BCUT2D eigenvalue weighted by atomic mass is 19.4. The molecule has 9 nitrogen and oxygen atoms in total. The lowest BCUT2D eigenvalue weighted by Crippen LogP contribution is -2.45. The van der Waals surface area contributed by atoms with Gasteiger partial charge in [0.15, 0.2) is 0 Å². The van der Waals surface area contributed by atoms with Gasteiger partial charge in [0, 0.05) is 31.1 Å². The van der Waals surface area contributed by atoms with Gasteiger partial charge in [0.1, 0.15) is 5.82 Å². The Hall–Kier alpha value is -4.00. The van der Waals surface area contributed by atoms with Crippen molar-refractivity contribution in [2.45, 2.75) is 17.5 Å². The summed E-state index contributed by atoms with van der Waals surface area (Å²) < 4.78 is 37.3. The number of allylic oxidation sites excluding steroid dienone is 2. The molecule has 1 amide bonds. The van der Waals surface area contributed by atoms with Crippen LogP contribution in [0.3, 0.4) is 0 Å². The van der Waals surface area contributed by atoms with Crippen LogP contribution < -0.4 is 5.48 Å². The smallest absolute Gasteiger partial charge is 0.475 e. The molecule has 3 aromatic rings. The number of carboxylic acids is 1. The number of hydroxylamine groups is 1. The third kappa shape index (κ3) is 6.72. The third-order valence-electron chi connectivity index (χ3n) is 6.50. The van der Waals surface area contributed by atoms with Gasteiger partial charge in [-0.3, -0.25) is 14.9 Å². The van der Waals surface area contributed by atoms with E-state index in [0.29, 0.717) is 5.56 Å². The van der Waals surface area contributed by atoms with Crippen LogP contribution in [0.5, 0.6) is 0 Å². The van der Waals surface area contributed by atoms with E-state index >= 15 is 0 Å². The molecule has 0 atom stereocenters. The SMILES string of the molecule is O=C(NO)c1ccc2nc(C3(CN4CCOCC4)C=CC(c4ccccc4)C=C3)[nH]c2c1.O=C(O)C(F)(F)F. The molecule has 1 fully saturated rings. The van der Waals surface area contributed by atoms with Gasteiger partial charge in [0.2, 0.25) is 0 Å². The number of halogens is 3. The van der Waals surface area contributed by atoms with Gasteiger partial charge >= 0.3 is 12.1 Å². The molecular weight excluding hydrogens is 517 g/mol. The van der Waals surface area contributed by atoms with Crippen LogP contribution in [-0.4, -0.2) is 76.1 Å². The van der Waals surface area contributed by atoms with Gasteiger partial charge in [-0.15, -0.1) is 0 Å². The van der Waals surface area contributed by atoms with Gasteiger partial charge in [-0.2, -0.15) is 13.2 Å². The van der Waals surface area contributed by atoms with E-state index in [0.717, 1.165) is 49.7 Å². The molecule has 4 N–H and O–H groups in total. The number of aliphatic carboxylic acids is 1. The molecule has 2 aromatic carbocycles. The lowest BCUT2D eigenvalue weighted by Gasteiger charge is -2.36. The van der Waals surface area contributed by atoms with Crippen molar-refractivity contribution in [3.8, 4) is 0 Å². The Kier molecular flexibility index (Phi) is 8.48. The van der Waals surface area contributed by atoms with Crippen LogP contribution in [0.25, 0.3) is 11.0 Å². The summed E-state index contributed by atoms with van der Waals surface area (Å²) in [5.41, 5.74) is 4.43. The summed E-state index contributed by atoms with van der Waals surface area (Å²) >= 11 is 0. The average molecular weight is 545 g/mol. The molecular formula is C27H27F3N4O5. The molecule has 2 heterocycles. The number of hydrogen-bond acceptors (Lipinski definition) is 6. The second-order valence-corrected chi connectivity index (χ2v) is 9.14. The van der Waals surface area contributed by atoms with Crippen molar-refractivity contribution in [3.63, 3.8) is 0 Å². The summed E-state index contributed by atoms with van der Waals surface area (Å²) in [6.07, 6.45) is 3.90. The Labute approximate surface area is 221 Å². The molecule has 1 aliphatic carbocycles. The summed E-state index contributed by atoms with van der Waals surface area (Å²) in [5, 5.41) is 16.1. The number of rotatable bonds is 5. The standard InChI is InChI=1S/C25H26N4O3.C2HF3O2/c30-23(28-31)20-6-7-21-22(16-20)27-24(26-21)25(17-29-12-14-32-15-13-29)10-8-19(9-11-25)18-4-2-1-3-5-18;3-2(4,5)1(6)7/h1-11,16,19,31H,12-15,17H2,(H,26,27)(H,28,30);(H,6,7). The van der Waals surface area contributed by atoms with Crippen molar-refractivity contribution in [2.75, 3.05) is 32.8 Å². The van der Waals surface area contributed by atoms with Crippen molar-refractivity contribution >= 4 is 22.9 Å². The molecule has 0 radical (unpaired) electrons. The van der Waals surface area contributed by atoms with Crippen LogP contribution in [-0.2, 0) is 14.9 Å². The van der Waals surface area contributed by atoms with Gasteiger partial charge in [0.25, 0.3) is 5.91 Å². The largest absolute Gasteiger partial charge is 0.490 e. The van der Waals surface area contributed by atoms with Crippen LogP contribution in [0.1, 0.15) is 27.7 Å². The number of fused-ring (bicyclic) bond motifs is 1. The lowest BCUT2D eigenvalue weighted by molar-refractivity contribution is -0.192. The third-order valence-corrected chi connectivity index (χ3v) is 6.50. The molecule has 1 saturated heterocycles. The quantitative estimate of drug-likeness (QED) is 0.219. The normalized spacial score (nSPS) is 21.3. The van der Waals surface area contributed by atoms with Crippen LogP contribution in [0, 0.1) is 0 Å². The first-order valence-electron chi connectivity index (χ1n) is 12.1. The fourth-order valence-corrected chi connectivity index (χ4v) is 4.47. The zero-order chi connectivity index (χ0) is 28.0. The van der Waals surface area contributed by atoms with E-state index in [9.17, 15) is 18.0 Å². The maximum Gasteiger partial charge on any atom is 0.490 e. The number of carboxylic acid groups (broad SMARTS) is 1. The van der Waals surface area contributed by atoms with Crippen molar-refractivity contribution < 1.29 is 37.8 Å².